The van der Waals surface area contributed by atoms with Gasteiger partial charge in [0.1, 0.15) is 0 Å². The molecule has 0 amide bonds. The number of benzene rings is 2. The number of nitro groups is 1. The first kappa shape index (κ1) is 13.7. The molecule has 0 unspecified atom stereocenters. The number of aliphatic imine (C=N–C) groups is 1. The smallest absolute Gasteiger partial charge is 0.363 e. The zero-order valence-corrected chi connectivity index (χ0v) is 11.3. The van der Waals surface area contributed by atoms with Crippen LogP contribution >= 0.6 is 0 Å². The van der Waals surface area contributed by atoms with E-state index in [2.05, 4.69) is 4.99 Å². The van der Waals surface area contributed by atoms with Gasteiger partial charge in [0.2, 0.25) is 5.90 Å². The number of hydrogen-bond acceptors (Lipinski definition) is 5. The summed E-state index contributed by atoms with van der Waals surface area (Å²) in [6, 6.07) is 15.0. The summed E-state index contributed by atoms with van der Waals surface area (Å²) in [6.45, 7) is 0. The molecule has 1 aliphatic rings. The summed E-state index contributed by atoms with van der Waals surface area (Å²) >= 11 is 0. The fourth-order valence-corrected chi connectivity index (χ4v) is 2.00. The maximum atomic E-state index is 11.8. The van der Waals surface area contributed by atoms with Gasteiger partial charge in [-0.15, -0.1) is 0 Å². The van der Waals surface area contributed by atoms with Gasteiger partial charge in [-0.05, 0) is 23.8 Å². The van der Waals surface area contributed by atoms with Crippen LogP contribution in [0.15, 0.2) is 65.3 Å². The molecule has 1 aliphatic heterocycles. The van der Waals surface area contributed by atoms with Gasteiger partial charge in [-0.1, -0.05) is 30.3 Å². The fraction of sp³-hybridized carbons (Fsp3) is 0. The Balaban J connectivity index is 1.94. The predicted molar refractivity (Wildman–Crippen MR) is 80.1 cm³/mol. The molecule has 2 aromatic carbocycles. The highest BCUT2D eigenvalue weighted by Gasteiger charge is 2.24. The van der Waals surface area contributed by atoms with Crippen molar-refractivity contribution in [2.75, 3.05) is 0 Å². The predicted octanol–water partition coefficient (Wildman–Crippen LogP) is 2.94. The van der Waals surface area contributed by atoms with Crippen LogP contribution in [0.3, 0.4) is 0 Å². The van der Waals surface area contributed by atoms with Crippen molar-refractivity contribution in [1.29, 1.82) is 0 Å². The zero-order chi connectivity index (χ0) is 15.5. The van der Waals surface area contributed by atoms with Crippen molar-refractivity contribution in [3.05, 3.63) is 81.5 Å². The number of ether oxygens (including phenoxy) is 1. The van der Waals surface area contributed by atoms with Crippen molar-refractivity contribution >= 4 is 23.6 Å². The van der Waals surface area contributed by atoms with E-state index in [-0.39, 0.29) is 17.3 Å². The number of hydrogen-bond donors (Lipinski definition) is 0. The summed E-state index contributed by atoms with van der Waals surface area (Å²) in [7, 11) is 0. The lowest BCUT2D eigenvalue weighted by molar-refractivity contribution is -0.384. The highest BCUT2D eigenvalue weighted by molar-refractivity contribution is 6.12. The second-order valence-electron chi connectivity index (χ2n) is 4.55. The molecule has 0 bridgehead atoms. The number of nitro benzene ring substituents is 1. The Labute approximate surface area is 125 Å². The third-order valence-electron chi connectivity index (χ3n) is 3.03. The van der Waals surface area contributed by atoms with E-state index in [1.807, 2.05) is 18.2 Å². The normalized spacial score (nSPS) is 15.5. The third kappa shape index (κ3) is 2.76. The van der Waals surface area contributed by atoms with Crippen LogP contribution in [0, 0.1) is 10.1 Å². The minimum Gasteiger partial charge on any atom is -0.402 e. The highest BCUT2D eigenvalue weighted by atomic mass is 16.6. The van der Waals surface area contributed by atoms with Crippen molar-refractivity contribution in [2.24, 2.45) is 4.99 Å². The Morgan fingerprint density at radius 1 is 1.09 bits per heavy atom. The average molecular weight is 294 g/mol. The molecule has 0 saturated carbocycles. The lowest BCUT2D eigenvalue weighted by Crippen LogP contribution is -2.04. The van der Waals surface area contributed by atoms with E-state index in [0.717, 1.165) is 0 Å². The third-order valence-corrected chi connectivity index (χ3v) is 3.03. The van der Waals surface area contributed by atoms with Gasteiger partial charge < -0.3 is 4.74 Å². The van der Waals surface area contributed by atoms with Gasteiger partial charge in [-0.3, -0.25) is 10.1 Å². The molecule has 6 heteroatoms. The van der Waals surface area contributed by atoms with Crippen LogP contribution in [0.1, 0.15) is 11.1 Å². The van der Waals surface area contributed by atoms with Crippen LogP contribution in [-0.4, -0.2) is 16.8 Å². The van der Waals surface area contributed by atoms with E-state index < -0.39 is 10.9 Å². The molecule has 0 spiro atoms. The second kappa shape index (κ2) is 5.61. The lowest BCUT2D eigenvalue weighted by Gasteiger charge is -1.97. The maximum absolute atomic E-state index is 11.8. The molecule has 2 aromatic rings. The summed E-state index contributed by atoms with van der Waals surface area (Å²) in [5, 5.41) is 10.8. The van der Waals surface area contributed by atoms with E-state index in [1.54, 1.807) is 24.3 Å². The topological polar surface area (TPSA) is 81.8 Å². The molecule has 0 aliphatic carbocycles. The molecule has 0 N–H and O–H groups in total. The molecule has 0 aromatic heterocycles. The Morgan fingerprint density at radius 3 is 2.59 bits per heavy atom. The maximum Gasteiger partial charge on any atom is 0.363 e. The molecular formula is C16H10N2O4. The van der Waals surface area contributed by atoms with Crippen LogP contribution < -0.4 is 0 Å². The number of nitrogens with zero attached hydrogens (tertiary/aromatic N) is 2. The van der Waals surface area contributed by atoms with Crippen LogP contribution in [0.4, 0.5) is 5.69 Å². The van der Waals surface area contributed by atoms with E-state index in [4.69, 9.17) is 4.74 Å². The van der Waals surface area contributed by atoms with Crippen LogP contribution in [0.25, 0.3) is 6.08 Å². The van der Waals surface area contributed by atoms with Crippen LogP contribution in [-0.2, 0) is 9.53 Å². The molecule has 1 heterocycles. The molecule has 0 fully saturated rings. The highest BCUT2D eigenvalue weighted by Crippen LogP contribution is 2.21. The Morgan fingerprint density at radius 2 is 1.86 bits per heavy atom. The molecule has 3 rings (SSSR count). The van der Waals surface area contributed by atoms with E-state index >= 15 is 0 Å². The van der Waals surface area contributed by atoms with Crippen LogP contribution in [0.5, 0.6) is 0 Å². The largest absolute Gasteiger partial charge is 0.402 e. The van der Waals surface area contributed by atoms with Gasteiger partial charge >= 0.3 is 5.97 Å². The minimum atomic E-state index is -0.578. The number of carbonyl (C=O) groups is 1. The monoisotopic (exact) mass is 294 g/mol. The van der Waals surface area contributed by atoms with E-state index in [1.165, 1.54) is 18.2 Å². The number of carbonyl (C=O) groups excluding carboxylic acids is 1. The van der Waals surface area contributed by atoms with Gasteiger partial charge in [0.25, 0.3) is 5.69 Å². The number of cyclic esters (lactones) is 1. The molecular weight excluding hydrogens is 284 g/mol. The standard InChI is InChI=1S/C16H10N2O4/c19-16-14(10-11-5-4-8-13(9-11)18(20)21)17-15(22-16)12-6-2-1-3-7-12/h1-10H/b14-10-. The van der Waals surface area contributed by atoms with Crippen molar-refractivity contribution in [3.63, 3.8) is 0 Å². The SMILES string of the molecule is O=C1OC(c2ccccc2)=N/C1=C\c1cccc([N+](=O)[O-])c1. The Hall–Kier alpha value is -3.28. The van der Waals surface area contributed by atoms with Gasteiger partial charge in [0.05, 0.1) is 4.92 Å². The van der Waals surface area contributed by atoms with Crippen molar-refractivity contribution in [1.82, 2.24) is 0 Å². The molecule has 0 atom stereocenters. The Bertz CT molecular complexity index is 810. The van der Waals surface area contributed by atoms with Gasteiger partial charge in [-0.2, -0.15) is 0 Å². The summed E-state index contributed by atoms with van der Waals surface area (Å²) in [5.74, 6) is -0.354. The van der Waals surface area contributed by atoms with E-state index in [9.17, 15) is 14.9 Å². The summed E-state index contributed by atoms with van der Waals surface area (Å²) in [5.41, 5.74) is 1.27. The van der Waals surface area contributed by atoms with Gasteiger partial charge in [0.15, 0.2) is 5.70 Å². The minimum absolute atomic E-state index is 0.0482. The van der Waals surface area contributed by atoms with Crippen molar-refractivity contribution in [2.45, 2.75) is 0 Å². The lowest BCUT2D eigenvalue weighted by atomic mass is 10.1. The summed E-state index contributed by atoms with van der Waals surface area (Å²) in [4.78, 5) is 26.3. The molecule has 0 saturated heterocycles. The quantitative estimate of drug-likeness (QED) is 0.377. The first-order chi connectivity index (χ1) is 10.6. The zero-order valence-electron chi connectivity index (χ0n) is 11.3. The fourth-order valence-electron chi connectivity index (χ4n) is 2.00. The average Bonchev–Trinajstić information content (AvgIpc) is 2.89. The molecule has 6 nitrogen and oxygen atoms in total. The first-order valence-electron chi connectivity index (χ1n) is 6.46. The first-order valence-corrected chi connectivity index (χ1v) is 6.46. The van der Waals surface area contributed by atoms with Gasteiger partial charge in [-0.25, -0.2) is 9.79 Å². The van der Waals surface area contributed by atoms with E-state index in [0.29, 0.717) is 11.1 Å². The molecule has 0 radical (unpaired) electrons. The van der Waals surface area contributed by atoms with Crippen molar-refractivity contribution < 1.29 is 14.5 Å². The van der Waals surface area contributed by atoms with Crippen molar-refractivity contribution in [3.8, 4) is 0 Å². The number of esters is 1. The summed E-state index contributed by atoms with van der Waals surface area (Å²) in [6.07, 6.45) is 1.46. The molecule has 22 heavy (non-hydrogen) atoms. The molecule has 108 valence electrons. The Kier molecular flexibility index (Phi) is 3.49. The number of non-ortho nitro benzene ring substituents is 1. The van der Waals surface area contributed by atoms with Crippen LogP contribution in [0.2, 0.25) is 0 Å². The summed E-state index contributed by atoms with van der Waals surface area (Å²) < 4.78 is 5.12. The second-order valence-corrected chi connectivity index (χ2v) is 4.55. The number of rotatable bonds is 3. The van der Waals surface area contributed by atoms with Gasteiger partial charge in [0, 0.05) is 17.7 Å².